The van der Waals surface area contributed by atoms with Gasteiger partial charge in [-0.05, 0) is 56.0 Å². The summed E-state index contributed by atoms with van der Waals surface area (Å²) in [5.41, 5.74) is 4.79. The van der Waals surface area contributed by atoms with Gasteiger partial charge in [-0.15, -0.1) is 0 Å². The molecule has 1 fully saturated rings. The number of aliphatic hydroxyl groups excluding tert-OH is 1. The normalized spacial score (nSPS) is 20.8. The molecule has 0 spiro atoms. The topological polar surface area (TPSA) is 36.4 Å². The molecule has 2 heterocycles. The molecule has 0 amide bonds. The molecule has 0 unspecified atom stereocenters. The van der Waals surface area contributed by atoms with Crippen molar-refractivity contribution < 1.29 is 5.11 Å². The number of benzene rings is 2. The maximum atomic E-state index is 10.3. The van der Waals surface area contributed by atoms with Crippen molar-refractivity contribution in [3.8, 4) is 0 Å². The summed E-state index contributed by atoms with van der Waals surface area (Å²) in [6.07, 6.45) is 3.15. The molecule has 27 heavy (non-hydrogen) atoms. The first kappa shape index (κ1) is 18.1. The molecule has 1 aliphatic heterocycles. The second kappa shape index (κ2) is 7.79. The highest BCUT2D eigenvalue weighted by Gasteiger charge is 2.35. The van der Waals surface area contributed by atoms with Gasteiger partial charge in [-0.25, -0.2) is 0 Å². The first-order valence-corrected chi connectivity index (χ1v) is 9.90. The van der Waals surface area contributed by atoms with Gasteiger partial charge >= 0.3 is 0 Å². The fourth-order valence-corrected chi connectivity index (χ4v) is 4.41. The Hall–Kier alpha value is -2.23. The number of aromatic nitrogens is 1. The Morgan fingerprint density at radius 2 is 1.85 bits per heavy atom. The average molecular weight is 361 g/mol. The van der Waals surface area contributed by atoms with E-state index in [2.05, 4.69) is 66.4 Å². The number of rotatable bonds is 5. The van der Waals surface area contributed by atoms with E-state index in [1.165, 1.54) is 16.5 Å². The van der Waals surface area contributed by atoms with Crippen LogP contribution in [0.3, 0.4) is 0 Å². The van der Waals surface area contributed by atoms with Gasteiger partial charge in [-0.2, -0.15) is 0 Å². The van der Waals surface area contributed by atoms with Crippen LogP contribution >= 0.6 is 0 Å². The van der Waals surface area contributed by atoms with Gasteiger partial charge in [0.2, 0.25) is 0 Å². The Balaban J connectivity index is 1.51. The molecule has 3 aromatic rings. The van der Waals surface area contributed by atoms with Crippen LogP contribution in [-0.4, -0.2) is 34.7 Å². The van der Waals surface area contributed by atoms with Gasteiger partial charge in [0.1, 0.15) is 0 Å². The van der Waals surface area contributed by atoms with Gasteiger partial charge < -0.3 is 5.11 Å². The van der Waals surface area contributed by atoms with Crippen LogP contribution in [0.4, 0.5) is 0 Å². The minimum absolute atomic E-state index is 0.0544. The van der Waals surface area contributed by atoms with Crippen molar-refractivity contribution in [1.82, 2.24) is 9.88 Å². The highest BCUT2D eigenvalue weighted by molar-refractivity contribution is 5.78. The predicted molar refractivity (Wildman–Crippen MR) is 111 cm³/mol. The fourth-order valence-electron chi connectivity index (χ4n) is 4.41. The predicted octanol–water partition coefficient (Wildman–Crippen LogP) is 4.36. The summed E-state index contributed by atoms with van der Waals surface area (Å²) in [4.78, 5) is 7.30. The number of para-hydroxylation sites is 1. The number of fused-ring (bicyclic) bond motifs is 1. The standard InChI is InChI=1S/C24H28N2O/c1-19-7-2-3-9-21(19)15-24(18-27)13-6-14-26(17-24)16-22-12-11-20-8-4-5-10-23(20)25-22/h2-5,7-12,27H,6,13-18H2,1H3/t24-/m1/s1. The van der Waals surface area contributed by atoms with Gasteiger partial charge in [0.25, 0.3) is 0 Å². The molecule has 1 aromatic heterocycles. The van der Waals surface area contributed by atoms with Crippen molar-refractivity contribution in [1.29, 1.82) is 0 Å². The number of hydrogen-bond donors (Lipinski definition) is 1. The van der Waals surface area contributed by atoms with E-state index in [1.807, 2.05) is 6.07 Å². The Morgan fingerprint density at radius 1 is 1.04 bits per heavy atom. The van der Waals surface area contributed by atoms with E-state index in [0.717, 1.165) is 50.1 Å². The molecular weight excluding hydrogens is 332 g/mol. The fraction of sp³-hybridized carbons (Fsp3) is 0.375. The third-order valence-electron chi connectivity index (χ3n) is 5.94. The Bertz CT molecular complexity index is 923. The molecule has 1 atom stereocenters. The number of likely N-dealkylation sites (tertiary alicyclic amines) is 1. The van der Waals surface area contributed by atoms with E-state index in [-0.39, 0.29) is 12.0 Å². The molecule has 3 heteroatoms. The van der Waals surface area contributed by atoms with Crippen LogP contribution in [0.25, 0.3) is 10.9 Å². The molecule has 1 N–H and O–H groups in total. The lowest BCUT2D eigenvalue weighted by molar-refractivity contribution is 0.0283. The zero-order valence-electron chi connectivity index (χ0n) is 16.1. The van der Waals surface area contributed by atoms with Gasteiger partial charge in [0, 0.05) is 23.9 Å². The first-order valence-electron chi connectivity index (χ1n) is 9.90. The summed E-state index contributed by atoms with van der Waals surface area (Å²) in [6.45, 7) is 5.25. The van der Waals surface area contributed by atoms with Crippen molar-refractivity contribution >= 4 is 10.9 Å². The molecular formula is C24H28N2O. The monoisotopic (exact) mass is 360 g/mol. The van der Waals surface area contributed by atoms with E-state index >= 15 is 0 Å². The average Bonchev–Trinajstić information content (AvgIpc) is 2.70. The summed E-state index contributed by atoms with van der Waals surface area (Å²) in [6, 6.07) is 21.1. The number of hydrogen-bond acceptors (Lipinski definition) is 3. The van der Waals surface area contributed by atoms with E-state index in [1.54, 1.807) is 0 Å². The minimum Gasteiger partial charge on any atom is -0.396 e. The maximum Gasteiger partial charge on any atom is 0.0705 e. The van der Waals surface area contributed by atoms with Crippen molar-refractivity contribution in [3.05, 3.63) is 77.5 Å². The van der Waals surface area contributed by atoms with Crippen molar-refractivity contribution in [2.24, 2.45) is 5.41 Å². The summed E-state index contributed by atoms with van der Waals surface area (Å²) in [5, 5.41) is 11.5. The second-order valence-electron chi connectivity index (χ2n) is 8.07. The van der Waals surface area contributed by atoms with Gasteiger partial charge in [0.05, 0.1) is 17.8 Å². The lowest BCUT2D eigenvalue weighted by Crippen LogP contribution is -2.46. The van der Waals surface area contributed by atoms with Gasteiger partial charge in [-0.1, -0.05) is 48.5 Å². The number of piperidine rings is 1. The van der Waals surface area contributed by atoms with Crippen LogP contribution in [-0.2, 0) is 13.0 Å². The summed E-state index contributed by atoms with van der Waals surface area (Å²) >= 11 is 0. The van der Waals surface area contributed by atoms with Crippen molar-refractivity contribution in [2.75, 3.05) is 19.7 Å². The summed E-state index contributed by atoms with van der Waals surface area (Å²) in [5.74, 6) is 0. The summed E-state index contributed by atoms with van der Waals surface area (Å²) in [7, 11) is 0. The van der Waals surface area contributed by atoms with Crippen LogP contribution in [0, 0.1) is 12.3 Å². The lowest BCUT2D eigenvalue weighted by Gasteiger charge is -2.42. The SMILES string of the molecule is Cc1ccccc1C[C@]1(CO)CCCN(Cc2ccc3ccccc3n2)C1. The van der Waals surface area contributed by atoms with Gasteiger partial charge in [0.15, 0.2) is 0 Å². The molecule has 0 bridgehead atoms. The number of aliphatic hydroxyl groups is 1. The van der Waals surface area contributed by atoms with E-state index in [0.29, 0.717) is 0 Å². The zero-order chi connectivity index (χ0) is 18.7. The first-order chi connectivity index (χ1) is 13.2. The van der Waals surface area contributed by atoms with Crippen LogP contribution in [0.2, 0.25) is 0 Å². The highest BCUT2D eigenvalue weighted by atomic mass is 16.3. The second-order valence-corrected chi connectivity index (χ2v) is 8.07. The molecule has 1 aliphatic rings. The third-order valence-corrected chi connectivity index (χ3v) is 5.94. The quantitative estimate of drug-likeness (QED) is 0.734. The maximum absolute atomic E-state index is 10.3. The van der Waals surface area contributed by atoms with Crippen LogP contribution in [0.15, 0.2) is 60.7 Å². The number of aryl methyl sites for hydroxylation is 1. The van der Waals surface area contributed by atoms with Gasteiger partial charge in [-0.3, -0.25) is 9.88 Å². The Labute approximate surface area is 161 Å². The van der Waals surface area contributed by atoms with Crippen LogP contribution in [0.5, 0.6) is 0 Å². The van der Waals surface area contributed by atoms with Crippen molar-refractivity contribution in [2.45, 2.75) is 32.7 Å². The molecule has 0 saturated carbocycles. The largest absolute Gasteiger partial charge is 0.396 e. The number of pyridine rings is 1. The van der Waals surface area contributed by atoms with E-state index in [4.69, 9.17) is 4.98 Å². The highest BCUT2D eigenvalue weighted by Crippen LogP contribution is 2.34. The number of nitrogens with zero attached hydrogens (tertiary/aromatic N) is 2. The Kier molecular flexibility index (Phi) is 5.24. The minimum atomic E-state index is -0.0544. The van der Waals surface area contributed by atoms with Crippen LogP contribution in [0.1, 0.15) is 29.7 Å². The van der Waals surface area contributed by atoms with E-state index in [9.17, 15) is 5.11 Å². The molecule has 0 radical (unpaired) electrons. The van der Waals surface area contributed by atoms with Crippen LogP contribution < -0.4 is 0 Å². The zero-order valence-corrected chi connectivity index (χ0v) is 16.1. The summed E-state index contributed by atoms with van der Waals surface area (Å²) < 4.78 is 0. The molecule has 0 aliphatic carbocycles. The lowest BCUT2D eigenvalue weighted by atomic mass is 9.75. The molecule has 1 saturated heterocycles. The van der Waals surface area contributed by atoms with E-state index < -0.39 is 0 Å². The van der Waals surface area contributed by atoms with Crippen molar-refractivity contribution in [3.63, 3.8) is 0 Å². The molecule has 140 valence electrons. The Morgan fingerprint density at radius 3 is 2.70 bits per heavy atom. The molecule has 3 nitrogen and oxygen atoms in total. The third kappa shape index (κ3) is 4.05. The molecule has 2 aromatic carbocycles. The smallest absolute Gasteiger partial charge is 0.0705 e. The molecule has 4 rings (SSSR count).